The van der Waals surface area contributed by atoms with Crippen molar-refractivity contribution >= 4 is 17.4 Å². The Morgan fingerprint density at radius 3 is 2.21 bits per heavy atom. The lowest BCUT2D eigenvalue weighted by Crippen LogP contribution is -2.50. The Balaban J connectivity index is 1.26. The molecule has 28 heavy (non-hydrogen) atoms. The molecule has 0 bridgehead atoms. The van der Waals surface area contributed by atoms with Gasteiger partial charge in [0.1, 0.15) is 11.6 Å². The molecule has 0 spiro atoms. The Morgan fingerprint density at radius 1 is 0.929 bits per heavy atom. The number of benzene rings is 2. The fraction of sp³-hybridized carbons (Fsp3) is 0.409. The van der Waals surface area contributed by atoms with E-state index >= 15 is 0 Å². The third kappa shape index (κ3) is 4.55. The lowest BCUT2D eigenvalue weighted by Gasteiger charge is -2.36. The van der Waals surface area contributed by atoms with Gasteiger partial charge >= 0.3 is 6.03 Å². The minimum absolute atomic E-state index is 0.0942. The normalized spacial score (nSPS) is 17.6. The van der Waals surface area contributed by atoms with Crippen LogP contribution in [0.5, 0.6) is 5.75 Å². The van der Waals surface area contributed by atoms with Crippen LogP contribution in [0, 0.1) is 5.82 Å². The number of amides is 2. The molecule has 2 aliphatic rings. The summed E-state index contributed by atoms with van der Waals surface area (Å²) in [4.78, 5) is 16.5. The molecule has 2 aromatic rings. The molecular formula is C22H26FN3O2. The van der Waals surface area contributed by atoms with Gasteiger partial charge in [0.25, 0.3) is 0 Å². The number of hydrogen-bond acceptors (Lipinski definition) is 3. The first-order valence-electron chi connectivity index (χ1n) is 10.0. The molecule has 4 rings (SSSR count). The number of nitrogens with one attached hydrogen (secondary N) is 1. The fourth-order valence-corrected chi connectivity index (χ4v) is 3.84. The fourth-order valence-electron chi connectivity index (χ4n) is 3.84. The van der Waals surface area contributed by atoms with Crippen LogP contribution < -0.4 is 15.0 Å². The number of halogens is 1. The van der Waals surface area contributed by atoms with E-state index in [0.717, 1.165) is 43.1 Å². The topological polar surface area (TPSA) is 44.8 Å². The van der Waals surface area contributed by atoms with Gasteiger partial charge in [0, 0.05) is 37.6 Å². The lowest BCUT2D eigenvalue weighted by molar-refractivity contribution is 0.207. The number of carbonyl (C=O) groups is 1. The van der Waals surface area contributed by atoms with Crippen LogP contribution in [-0.4, -0.2) is 43.2 Å². The van der Waals surface area contributed by atoms with Crippen molar-refractivity contribution in [2.45, 2.75) is 31.8 Å². The highest BCUT2D eigenvalue weighted by Crippen LogP contribution is 2.25. The maximum Gasteiger partial charge on any atom is 0.321 e. The van der Waals surface area contributed by atoms with Crippen LogP contribution in [0.15, 0.2) is 48.5 Å². The molecular weight excluding hydrogens is 357 g/mol. The lowest BCUT2D eigenvalue weighted by atomic mass is 10.2. The second kappa shape index (κ2) is 8.50. The minimum Gasteiger partial charge on any atom is -0.490 e. The van der Waals surface area contributed by atoms with E-state index in [1.807, 2.05) is 29.2 Å². The highest BCUT2D eigenvalue weighted by molar-refractivity contribution is 5.89. The van der Waals surface area contributed by atoms with Gasteiger partial charge in [-0.3, -0.25) is 0 Å². The van der Waals surface area contributed by atoms with E-state index < -0.39 is 0 Å². The first-order chi connectivity index (χ1) is 13.7. The number of nitrogens with zero attached hydrogens (tertiary/aromatic N) is 2. The Bertz CT molecular complexity index is 780. The number of anilines is 2. The van der Waals surface area contributed by atoms with E-state index in [1.165, 1.54) is 25.0 Å². The molecule has 1 aliphatic heterocycles. The number of urea groups is 1. The van der Waals surface area contributed by atoms with Crippen LogP contribution in [0.25, 0.3) is 0 Å². The largest absolute Gasteiger partial charge is 0.490 e. The van der Waals surface area contributed by atoms with Gasteiger partial charge in [0.2, 0.25) is 0 Å². The Labute approximate surface area is 165 Å². The number of piperazine rings is 1. The SMILES string of the molecule is O=C(Nc1ccc(OC2CCCC2)cc1)N1CCN(c2ccc(F)cc2)CC1. The summed E-state index contributed by atoms with van der Waals surface area (Å²) in [7, 11) is 0. The molecule has 0 radical (unpaired) electrons. The standard InChI is InChI=1S/C22H26FN3O2/c23-17-5-9-19(10-6-17)25-13-15-26(16-14-25)22(27)24-18-7-11-21(12-8-18)28-20-3-1-2-4-20/h5-12,20H,1-4,13-16H2,(H,24,27). The van der Waals surface area contributed by atoms with Crippen molar-refractivity contribution in [3.8, 4) is 5.75 Å². The first kappa shape index (κ1) is 18.6. The average Bonchev–Trinajstić information content (AvgIpc) is 3.23. The number of hydrogen-bond donors (Lipinski definition) is 1. The van der Waals surface area contributed by atoms with Crippen molar-refractivity contribution in [1.82, 2.24) is 4.90 Å². The molecule has 1 heterocycles. The molecule has 2 amide bonds. The first-order valence-corrected chi connectivity index (χ1v) is 10.0. The second-order valence-corrected chi connectivity index (χ2v) is 7.43. The summed E-state index contributed by atoms with van der Waals surface area (Å²) in [6.07, 6.45) is 5.07. The molecule has 0 aromatic heterocycles. The molecule has 2 fully saturated rings. The van der Waals surface area contributed by atoms with Gasteiger partial charge in [-0.2, -0.15) is 0 Å². The van der Waals surface area contributed by atoms with Gasteiger partial charge in [-0.25, -0.2) is 9.18 Å². The molecule has 148 valence electrons. The predicted octanol–water partition coefficient (Wildman–Crippen LogP) is 4.50. The summed E-state index contributed by atoms with van der Waals surface area (Å²) in [5.41, 5.74) is 1.75. The van der Waals surface area contributed by atoms with Gasteiger partial charge in [-0.15, -0.1) is 0 Å². The Morgan fingerprint density at radius 2 is 1.57 bits per heavy atom. The van der Waals surface area contributed by atoms with Gasteiger partial charge in [0.05, 0.1) is 6.10 Å². The molecule has 2 aromatic carbocycles. The molecule has 0 unspecified atom stereocenters. The number of ether oxygens (including phenoxy) is 1. The summed E-state index contributed by atoms with van der Waals surface area (Å²) < 4.78 is 19.0. The second-order valence-electron chi connectivity index (χ2n) is 7.43. The summed E-state index contributed by atoms with van der Waals surface area (Å²) in [5, 5.41) is 2.96. The molecule has 1 N–H and O–H groups in total. The third-order valence-corrected chi connectivity index (χ3v) is 5.47. The molecule has 0 atom stereocenters. The maximum atomic E-state index is 13.1. The number of carbonyl (C=O) groups excluding carboxylic acids is 1. The van der Waals surface area contributed by atoms with Crippen molar-refractivity contribution in [2.24, 2.45) is 0 Å². The van der Waals surface area contributed by atoms with Crippen molar-refractivity contribution < 1.29 is 13.9 Å². The monoisotopic (exact) mass is 383 g/mol. The summed E-state index contributed by atoms with van der Waals surface area (Å²) >= 11 is 0. The van der Waals surface area contributed by atoms with Crippen LogP contribution in [0.4, 0.5) is 20.6 Å². The zero-order valence-electron chi connectivity index (χ0n) is 15.9. The minimum atomic E-state index is -0.235. The smallest absolute Gasteiger partial charge is 0.321 e. The van der Waals surface area contributed by atoms with E-state index in [0.29, 0.717) is 19.2 Å². The van der Waals surface area contributed by atoms with Crippen LogP contribution >= 0.6 is 0 Å². The van der Waals surface area contributed by atoms with Crippen LogP contribution in [0.2, 0.25) is 0 Å². The molecule has 1 saturated heterocycles. The molecule has 5 nitrogen and oxygen atoms in total. The van der Waals surface area contributed by atoms with E-state index in [4.69, 9.17) is 4.74 Å². The zero-order chi connectivity index (χ0) is 19.3. The summed E-state index contributed by atoms with van der Waals surface area (Å²) in [6, 6.07) is 14.0. The van der Waals surface area contributed by atoms with E-state index in [9.17, 15) is 9.18 Å². The zero-order valence-corrected chi connectivity index (χ0v) is 15.9. The van der Waals surface area contributed by atoms with Crippen LogP contribution in [0.1, 0.15) is 25.7 Å². The van der Waals surface area contributed by atoms with Gasteiger partial charge in [-0.05, 0) is 74.2 Å². The van der Waals surface area contributed by atoms with E-state index in [-0.39, 0.29) is 11.8 Å². The summed E-state index contributed by atoms with van der Waals surface area (Å²) in [5.74, 6) is 0.624. The van der Waals surface area contributed by atoms with E-state index in [1.54, 1.807) is 12.1 Å². The molecule has 1 saturated carbocycles. The van der Waals surface area contributed by atoms with Gasteiger partial charge in [-0.1, -0.05) is 0 Å². The number of rotatable bonds is 4. The Hall–Kier alpha value is -2.76. The maximum absolute atomic E-state index is 13.1. The molecule has 6 heteroatoms. The third-order valence-electron chi connectivity index (χ3n) is 5.47. The van der Waals surface area contributed by atoms with Crippen molar-refractivity contribution in [1.29, 1.82) is 0 Å². The summed E-state index contributed by atoms with van der Waals surface area (Å²) in [6.45, 7) is 2.72. The van der Waals surface area contributed by atoms with Crippen molar-refractivity contribution in [3.63, 3.8) is 0 Å². The Kier molecular flexibility index (Phi) is 5.65. The highest BCUT2D eigenvalue weighted by Gasteiger charge is 2.21. The van der Waals surface area contributed by atoms with E-state index in [2.05, 4.69) is 10.2 Å². The van der Waals surface area contributed by atoms with Crippen LogP contribution in [0.3, 0.4) is 0 Å². The quantitative estimate of drug-likeness (QED) is 0.845. The van der Waals surface area contributed by atoms with Gasteiger partial charge < -0.3 is 19.9 Å². The van der Waals surface area contributed by atoms with Crippen molar-refractivity contribution in [2.75, 3.05) is 36.4 Å². The molecule has 1 aliphatic carbocycles. The van der Waals surface area contributed by atoms with Crippen molar-refractivity contribution in [3.05, 3.63) is 54.3 Å². The highest BCUT2D eigenvalue weighted by atomic mass is 19.1. The predicted molar refractivity (Wildman–Crippen MR) is 109 cm³/mol. The average molecular weight is 383 g/mol. The van der Waals surface area contributed by atoms with Gasteiger partial charge in [0.15, 0.2) is 0 Å². The van der Waals surface area contributed by atoms with Crippen LogP contribution in [-0.2, 0) is 0 Å².